The van der Waals surface area contributed by atoms with Crippen molar-refractivity contribution in [2.45, 2.75) is 19.3 Å². The van der Waals surface area contributed by atoms with Crippen molar-refractivity contribution < 1.29 is 9.18 Å². The van der Waals surface area contributed by atoms with Gasteiger partial charge in [-0.15, -0.1) is 0 Å². The van der Waals surface area contributed by atoms with E-state index in [2.05, 4.69) is 29.4 Å². The van der Waals surface area contributed by atoms with E-state index in [1.807, 2.05) is 11.0 Å². The molecule has 1 aromatic heterocycles. The largest absolute Gasteiger partial charge is 0.337 e. The minimum Gasteiger partial charge on any atom is -0.337 e. The molecule has 2 heterocycles. The van der Waals surface area contributed by atoms with Crippen LogP contribution in [0.2, 0.25) is 0 Å². The number of carbonyl (C=O) groups is 1. The van der Waals surface area contributed by atoms with Gasteiger partial charge in [-0.05, 0) is 48.9 Å². The van der Waals surface area contributed by atoms with Crippen molar-refractivity contribution >= 4 is 5.91 Å². The lowest BCUT2D eigenvalue weighted by Gasteiger charge is -2.32. The predicted octanol–water partition coefficient (Wildman–Crippen LogP) is 4.32. The molecule has 0 atom stereocenters. The molecule has 1 fully saturated rings. The van der Waals surface area contributed by atoms with Crippen LogP contribution in [0.25, 0.3) is 11.3 Å². The van der Waals surface area contributed by atoms with E-state index in [1.54, 1.807) is 36.0 Å². The standard InChI is InChI=1S/C23H24FN3O/c1-26-22(16-21(25-26)19-9-5-6-10-20(19)24)23(28)27-13-11-18(12-14-27)15-17-7-3-2-4-8-17/h2-10,16,18H,11-15H2,1H3. The van der Waals surface area contributed by atoms with Crippen LogP contribution in [0.15, 0.2) is 60.7 Å². The summed E-state index contributed by atoms with van der Waals surface area (Å²) in [6.45, 7) is 1.49. The lowest BCUT2D eigenvalue weighted by molar-refractivity contribution is 0.0679. The number of piperidine rings is 1. The maximum absolute atomic E-state index is 14.0. The van der Waals surface area contributed by atoms with Gasteiger partial charge in [0.15, 0.2) is 0 Å². The Labute approximate surface area is 164 Å². The first kappa shape index (κ1) is 18.4. The van der Waals surface area contributed by atoms with Crippen molar-refractivity contribution in [2.75, 3.05) is 13.1 Å². The first-order valence-corrected chi connectivity index (χ1v) is 9.74. The number of carbonyl (C=O) groups excluding carboxylic acids is 1. The second-order valence-electron chi connectivity index (χ2n) is 7.44. The average molecular weight is 377 g/mol. The highest BCUT2D eigenvalue weighted by molar-refractivity contribution is 5.93. The fourth-order valence-electron chi connectivity index (χ4n) is 3.92. The smallest absolute Gasteiger partial charge is 0.272 e. The first-order chi connectivity index (χ1) is 13.6. The minimum absolute atomic E-state index is 0.0317. The third-order valence-electron chi connectivity index (χ3n) is 5.52. The Hall–Kier alpha value is -2.95. The molecule has 0 unspecified atom stereocenters. The SMILES string of the molecule is Cn1nc(-c2ccccc2F)cc1C(=O)N1CCC(Cc2ccccc2)CC1. The number of hydrogen-bond donors (Lipinski definition) is 0. The molecule has 4 rings (SSSR count). The molecule has 1 aliphatic heterocycles. The fraction of sp³-hybridized carbons (Fsp3) is 0.304. The van der Waals surface area contributed by atoms with Gasteiger partial charge in [0.1, 0.15) is 11.5 Å². The molecule has 0 N–H and O–H groups in total. The van der Waals surface area contributed by atoms with E-state index in [4.69, 9.17) is 0 Å². The van der Waals surface area contributed by atoms with Crippen LogP contribution >= 0.6 is 0 Å². The number of aromatic nitrogens is 2. The van der Waals surface area contributed by atoms with E-state index >= 15 is 0 Å². The molecule has 3 aromatic rings. The van der Waals surface area contributed by atoms with Crippen LogP contribution in [0.5, 0.6) is 0 Å². The zero-order valence-corrected chi connectivity index (χ0v) is 16.0. The molecule has 4 nitrogen and oxygen atoms in total. The molecule has 1 aliphatic rings. The van der Waals surface area contributed by atoms with Gasteiger partial charge in [0.25, 0.3) is 5.91 Å². The van der Waals surface area contributed by atoms with Gasteiger partial charge in [-0.1, -0.05) is 42.5 Å². The molecule has 0 bridgehead atoms. The van der Waals surface area contributed by atoms with Crippen LogP contribution < -0.4 is 0 Å². The van der Waals surface area contributed by atoms with Gasteiger partial charge in [0.2, 0.25) is 0 Å². The lowest BCUT2D eigenvalue weighted by Crippen LogP contribution is -2.39. The molecule has 2 aromatic carbocycles. The van der Waals surface area contributed by atoms with Gasteiger partial charge in [-0.2, -0.15) is 5.10 Å². The van der Waals surface area contributed by atoms with Crippen molar-refractivity contribution in [3.8, 4) is 11.3 Å². The van der Waals surface area contributed by atoms with Gasteiger partial charge in [-0.25, -0.2) is 4.39 Å². The van der Waals surface area contributed by atoms with Gasteiger partial charge in [-0.3, -0.25) is 9.48 Å². The number of rotatable bonds is 4. The first-order valence-electron chi connectivity index (χ1n) is 9.74. The Bertz CT molecular complexity index is 959. The van der Waals surface area contributed by atoms with E-state index in [0.29, 0.717) is 22.9 Å². The highest BCUT2D eigenvalue weighted by Crippen LogP contribution is 2.25. The third kappa shape index (κ3) is 3.84. The Morgan fingerprint density at radius 1 is 1.07 bits per heavy atom. The highest BCUT2D eigenvalue weighted by atomic mass is 19.1. The van der Waals surface area contributed by atoms with Crippen molar-refractivity contribution in [1.29, 1.82) is 0 Å². The topological polar surface area (TPSA) is 38.1 Å². The van der Waals surface area contributed by atoms with Gasteiger partial charge >= 0.3 is 0 Å². The van der Waals surface area contributed by atoms with Crippen LogP contribution in [0.4, 0.5) is 4.39 Å². The number of halogens is 1. The van der Waals surface area contributed by atoms with Crippen LogP contribution in [0.1, 0.15) is 28.9 Å². The Morgan fingerprint density at radius 3 is 2.46 bits per heavy atom. The normalized spacial score (nSPS) is 15.0. The summed E-state index contributed by atoms with van der Waals surface area (Å²) in [7, 11) is 1.74. The van der Waals surface area contributed by atoms with Crippen LogP contribution in [-0.4, -0.2) is 33.7 Å². The summed E-state index contributed by atoms with van der Waals surface area (Å²) in [5.74, 6) is 0.240. The van der Waals surface area contributed by atoms with Crippen LogP contribution in [-0.2, 0) is 13.5 Å². The van der Waals surface area contributed by atoms with E-state index < -0.39 is 0 Å². The molecule has 0 radical (unpaired) electrons. The molecule has 1 amide bonds. The zero-order valence-electron chi connectivity index (χ0n) is 16.0. The van der Waals surface area contributed by atoms with Crippen LogP contribution in [0.3, 0.4) is 0 Å². The Morgan fingerprint density at radius 2 is 1.75 bits per heavy atom. The second-order valence-corrected chi connectivity index (χ2v) is 7.44. The lowest BCUT2D eigenvalue weighted by atomic mass is 9.90. The van der Waals surface area contributed by atoms with Crippen molar-refractivity contribution in [3.05, 3.63) is 77.7 Å². The molecule has 144 valence electrons. The van der Waals surface area contributed by atoms with Crippen molar-refractivity contribution in [2.24, 2.45) is 13.0 Å². The van der Waals surface area contributed by atoms with Gasteiger partial charge < -0.3 is 4.90 Å². The molecule has 0 aliphatic carbocycles. The number of hydrogen-bond acceptors (Lipinski definition) is 2. The Kier molecular flexibility index (Phi) is 5.24. The maximum atomic E-state index is 14.0. The molecule has 5 heteroatoms. The number of nitrogens with zero attached hydrogens (tertiary/aromatic N) is 3. The second kappa shape index (κ2) is 7.97. The number of aryl methyl sites for hydroxylation is 1. The summed E-state index contributed by atoms with van der Waals surface area (Å²) < 4.78 is 15.6. The molecule has 0 spiro atoms. The maximum Gasteiger partial charge on any atom is 0.272 e. The quantitative estimate of drug-likeness (QED) is 0.679. The van der Waals surface area contributed by atoms with E-state index in [9.17, 15) is 9.18 Å². The molecule has 1 saturated heterocycles. The van der Waals surface area contributed by atoms with Crippen molar-refractivity contribution in [3.63, 3.8) is 0 Å². The summed E-state index contributed by atoms with van der Waals surface area (Å²) in [6.07, 6.45) is 3.06. The molecular formula is C23H24FN3O. The number of benzene rings is 2. The average Bonchev–Trinajstić information content (AvgIpc) is 3.10. The monoisotopic (exact) mass is 377 g/mol. The summed E-state index contributed by atoms with van der Waals surface area (Å²) >= 11 is 0. The predicted molar refractivity (Wildman–Crippen MR) is 107 cm³/mol. The zero-order chi connectivity index (χ0) is 19.5. The molecular weight excluding hydrogens is 353 g/mol. The van der Waals surface area contributed by atoms with Gasteiger partial charge in [0.05, 0.1) is 5.69 Å². The van der Waals surface area contributed by atoms with E-state index in [0.717, 1.165) is 32.4 Å². The van der Waals surface area contributed by atoms with E-state index in [-0.39, 0.29) is 11.7 Å². The fourth-order valence-corrected chi connectivity index (χ4v) is 3.92. The van der Waals surface area contributed by atoms with E-state index in [1.165, 1.54) is 11.6 Å². The summed E-state index contributed by atoms with van der Waals surface area (Å²) in [6, 6.07) is 18.7. The number of likely N-dealkylation sites (tertiary alicyclic amines) is 1. The summed E-state index contributed by atoms with van der Waals surface area (Å²) in [5, 5.41) is 4.36. The summed E-state index contributed by atoms with van der Waals surface area (Å²) in [4.78, 5) is 14.9. The molecule has 0 saturated carbocycles. The number of amides is 1. The van der Waals surface area contributed by atoms with Crippen LogP contribution in [0, 0.1) is 11.7 Å². The summed E-state index contributed by atoms with van der Waals surface area (Å²) in [5.41, 5.74) is 2.76. The van der Waals surface area contributed by atoms with Crippen molar-refractivity contribution in [1.82, 2.24) is 14.7 Å². The Balaban J connectivity index is 1.42. The highest BCUT2D eigenvalue weighted by Gasteiger charge is 2.26. The van der Waals surface area contributed by atoms with Gasteiger partial charge in [0, 0.05) is 25.7 Å². The third-order valence-corrected chi connectivity index (χ3v) is 5.52. The molecule has 28 heavy (non-hydrogen) atoms. The minimum atomic E-state index is -0.332.